The molecule has 1 aromatic carbocycles. The van der Waals surface area contributed by atoms with Gasteiger partial charge in [-0.1, -0.05) is 18.2 Å². The smallest absolute Gasteiger partial charge is 0.243 e. The maximum Gasteiger partial charge on any atom is 0.243 e. The number of nitrogens with zero attached hydrogens (tertiary/aromatic N) is 2. The van der Waals surface area contributed by atoms with E-state index in [0.717, 1.165) is 58.7 Å². The number of piperidine rings is 1. The lowest BCUT2D eigenvalue weighted by Crippen LogP contribution is -2.44. The molecule has 0 bridgehead atoms. The molecule has 3 fully saturated rings. The molecule has 6 nitrogen and oxygen atoms in total. The normalized spacial score (nSPS) is 27.8. The maximum absolute atomic E-state index is 12.8. The fourth-order valence-corrected chi connectivity index (χ4v) is 5.84. The lowest BCUT2D eigenvalue weighted by atomic mass is 9.77. The van der Waals surface area contributed by atoms with Gasteiger partial charge in [0.15, 0.2) is 0 Å². The minimum absolute atomic E-state index is 0.152. The maximum atomic E-state index is 12.8. The Labute approximate surface area is 156 Å². The molecule has 1 spiro atoms. The average Bonchev–Trinajstić information content (AvgIpc) is 3.05. The van der Waals surface area contributed by atoms with Gasteiger partial charge in [0.25, 0.3) is 0 Å². The van der Waals surface area contributed by atoms with Gasteiger partial charge >= 0.3 is 0 Å². The van der Waals surface area contributed by atoms with Gasteiger partial charge < -0.3 is 9.47 Å². The van der Waals surface area contributed by atoms with Crippen LogP contribution in [0.5, 0.6) is 0 Å². The highest BCUT2D eigenvalue weighted by Gasteiger charge is 2.44. The fraction of sp³-hybridized carbons (Fsp3) is 0.684. The third-order valence-electron chi connectivity index (χ3n) is 6.02. The number of sulfonamides is 1. The summed E-state index contributed by atoms with van der Waals surface area (Å²) in [6, 6.07) is 8.75. The van der Waals surface area contributed by atoms with Crippen molar-refractivity contribution in [2.75, 3.05) is 52.5 Å². The summed E-state index contributed by atoms with van der Waals surface area (Å²) in [7, 11) is -3.37. The third-order valence-corrected chi connectivity index (χ3v) is 7.93. The summed E-state index contributed by atoms with van der Waals surface area (Å²) in [5.74, 6) is 0. The lowest BCUT2D eigenvalue weighted by Gasteiger charge is -2.38. The predicted molar refractivity (Wildman–Crippen MR) is 98.5 cm³/mol. The Morgan fingerprint density at radius 2 is 1.73 bits per heavy atom. The number of ether oxygens (including phenoxy) is 2. The van der Waals surface area contributed by atoms with Crippen LogP contribution in [-0.4, -0.2) is 76.3 Å². The monoisotopic (exact) mass is 380 g/mol. The fourth-order valence-electron chi connectivity index (χ4n) is 4.38. The molecule has 1 atom stereocenters. The van der Waals surface area contributed by atoms with Crippen molar-refractivity contribution in [2.45, 2.75) is 30.3 Å². The average molecular weight is 381 g/mol. The van der Waals surface area contributed by atoms with Crippen LogP contribution in [0.2, 0.25) is 0 Å². The van der Waals surface area contributed by atoms with Crippen LogP contribution < -0.4 is 0 Å². The van der Waals surface area contributed by atoms with Crippen LogP contribution >= 0.6 is 0 Å². The molecule has 3 aliphatic heterocycles. The molecule has 0 amide bonds. The van der Waals surface area contributed by atoms with E-state index in [1.165, 1.54) is 0 Å². The topological polar surface area (TPSA) is 59.1 Å². The van der Waals surface area contributed by atoms with Crippen LogP contribution in [0.1, 0.15) is 19.3 Å². The zero-order valence-corrected chi connectivity index (χ0v) is 16.0. The zero-order valence-electron chi connectivity index (χ0n) is 15.2. The molecule has 3 saturated heterocycles. The van der Waals surface area contributed by atoms with E-state index in [1.807, 2.05) is 6.07 Å². The Balaban J connectivity index is 1.33. The van der Waals surface area contributed by atoms with Crippen molar-refractivity contribution >= 4 is 10.0 Å². The number of hydrogen-bond donors (Lipinski definition) is 0. The summed E-state index contributed by atoms with van der Waals surface area (Å²) in [5, 5.41) is 0. The van der Waals surface area contributed by atoms with Gasteiger partial charge in [-0.25, -0.2) is 8.42 Å². The summed E-state index contributed by atoms with van der Waals surface area (Å²) in [4.78, 5) is 2.81. The first-order valence-corrected chi connectivity index (χ1v) is 11.0. The lowest BCUT2D eigenvalue weighted by molar-refractivity contribution is 0.00567. The molecule has 0 saturated carbocycles. The molecule has 3 aliphatic rings. The van der Waals surface area contributed by atoms with Gasteiger partial charge in [0.2, 0.25) is 10.0 Å². The number of morpholine rings is 1. The molecule has 26 heavy (non-hydrogen) atoms. The van der Waals surface area contributed by atoms with Gasteiger partial charge in [0.05, 0.1) is 30.8 Å². The highest BCUT2D eigenvalue weighted by atomic mass is 32.2. The zero-order chi connectivity index (χ0) is 18.0. The van der Waals surface area contributed by atoms with E-state index in [-0.39, 0.29) is 11.5 Å². The highest BCUT2D eigenvalue weighted by Crippen LogP contribution is 2.43. The van der Waals surface area contributed by atoms with Crippen LogP contribution in [0.25, 0.3) is 0 Å². The van der Waals surface area contributed by atoms with E-state index in [4.69, 9.17) is 9.47 Å². The van der Waals surface area contributed by atoms with Crippen molar-refractivity contribution in [3.63, 3.8) is 0 Å². The minimum Gasteiger partial charge on any atom is -0.379 e. The summed E-state index contributed by atoms with van der Waals surface area (Å²) < 4.78 is 38.7. The van der Waals surface area contributed by atoms with Crippen LogP contribution in [0.15, 0.2) is 35.2 Å². The van der Waals surface area contributed by atoms with E-state index in [0.29, 0.717) is 18.0 Å². The molecule has 0 aromatic heterocycles. The second-order valence-electron chi connectivity index (χ2n) is 7.77. The van der Waals surface area contributed by atoms with Crippen molar-refractivity contribution in [1.29, 1.82) is 0 Å². The molecule has 7 heteroatoms. The van der Waals surface area contributed by atoms with E-state index < -0.39 is 10.0 Å². The molecular weight excluding hydrogens is 352 g/mol. The van der Waals surface area contributed by atoms with Gasteiger partial charge in [0, 0.05) is 32.7 Å². The molecule has 1 aromatic rings. The highest BCUT2D eigenvalue weighted by molar-refractivity contribution is 7.89. The Bertz CT molecular complexity index is 696. The molecule has 3 heterocycles. The molecule has 4 rings (SSSR count). The predicted octanol–water partition coefficient (Wildman–Crippen LogP) is 1.58. The standard InChI is InChI=1S/C19H28N2O4S/c22-26(23,18-4-2-1-3-5-18)21-8-6-19(7-9-21)14-17(25-16-19)15-20-10-12-24-13-11-20/h1-5,17H,6-16H2/t17-/m1/s1. The quantitative estimate of drug-likeness (QED) is 0.794. The molecular formula is C19H28N2O4S. The Kier molecular flexibility index (Phi) is 5.34. The SMILES string of the molecule is O=S(=O)(c1ccccc1)N1CCC2(CC1)CO[C@@H](CN1CCOCC1)C2. The molecule has 0 unspecified atom stereocenters. The van der Waals surface area contributed by atoms with Gasteiger partial charge in [-0.2, -0.15) is 4.31 Å². The second-order valence-corrected chi connectivity index (χ2v) is 9.71. The van der Waals surface area contributed by atoms with Crippen molar-refractivity contribution in [3.05, 3.63) is 30.3 Å². The van der Waals surface area contributed by atoms with Gasteiger partial charge in [-0.3, -0.25) is 4.90 Å². The first-order valence-electron chi connectivity index (χ1n) is 9.54. The summed E-state index contributed by atoms with van der Waals surface area (Å²) in [5.41, 5.74) is 0.152. The summed E-state index contributed by atoms with van der Waals surface area (Å²) >= 11 is 0. The minimum atomic E-state index is -3.37. The second kappa shape index (κ2) is 7.56. The van der Waals surface area contributed by atoms with Gasteiger partial charge in [-0.15, -0.1) is 0 Å². The largest absolute Gasteiger partial charge is 0.379 e. The van der Waals surface area contributed by atoms with E-state index in [9.17, 15) is 8.42 Å². The number of hydrogen-bond acceptors (Lipinski definition) is 5. The van der Waals surface area contributed by atoms with E-state index in [1.54, 1.807) is 28.6 Å². The van der Waals surface area contributed by atoms with Crippen molar-refractivity contribution in [3.8, 4) is 0 Å². The van der Waals surface area contributed by atoms with Crippen LogP contribution in [0.3, 0.4) is 0 Å². The van der Waals surface area contributed by atoms with Gasteiger partial charge in [-0.05, 0) is 36.8 Å². The van der Waals surface area contributed by atoms with Gasteiger partial charge in [0.1, 0.15) is 0 Å². The molecule has 0 radical (unpaired) electrons. The Morgan fingerprint density at radius 3 is 2.42 bits per heavy atom. The van der Waals surface area contributed by atoms with Crippen molar-refractivity contribution < 1.29 is 17.9 Å². The Hall–Kier alpha value is -0.990. The molecule has 0 N–H and O–H groups in total. The van der Waals surface area contributed by atoms with Crippen LogP contribution in [-0.2, 0) is 19.5 Å². The van der Waals surface area contributed by atoms with Crippen molar-refractivity contribution in [2.24, 2.45) is 5.41 Å². The molecule has 0 aliphatic carbocycles. The molecule has 144 valence electrons. The van der Waals surface area contributed by atoms with Crippen LogP contribution in [0.4, 0.5) is 0 Å². The van der Waals surface area contributed by atoms with Crippen molar-refractivity contribution in [1.82, 2.24) is 9.21 Å². The summed E-state index contributed by atoms with van der Waals surface area (Å²) in [6.45, 7) is 6.49. The number of benzene rings is 1. The summed E-state index contributed by atoms with van der Waals surface area (Å²) in [6.07, 6.45) is 3.09. The van der Waals surface area contributed by atoms with E-state index >= 15 is 0 Å². The number of rotatable bonds is 4. The van der Waals surface area contributed by atoms with E-state index in [2.05, 4.69) is 4.90 Å². The van der Waals surface area contributed by atoms with Crippen LogP contribution in [0, 0.1) is 5.41 Å². The first-order chi connectivity index (χ1) is 12.6. The third kappa shape index (κ3) is 3.82. The first kappa shape index (κ1) is 18.4. The Morgan fingerprint density at radius 1 is 1.04 bits per heavy atom.